The molecule has 5 N–H and O–H groups in total. The molecule has 0 aliphatic rings. The highest BCUT2D eigenvalue weighted by Gasteiger charge is 2.27. The summed E-state index contributed by atoms with van der Waals surface area (Å²) in [4.78, 5) is 22.4. The van der Waals surface area contributed by atoms with Gasteiger partial charge in [0, 0.05) is 13.0 Å². The Kier molecular flexibility index (Phi) is 27.5. The van der Waals surface area contributed by atoms with Crippen LogP contribution in [0.5, 0.6) is 0 Å². The Morgan fingerprint density at radius 2 is 1.41 bits per heavy atom. The summed E-state index contributed by atoms with van der Waals surface area (Å²) < 4.78 is 21.9. The zero-order valence-electron chi connectivity index (χ0n) is 25.8. The molecule has 9 heteroatoms. The summed E-state index contributed by atoms with van der Waals surface area (Å²) >= 11 is 0. The maximum absolute atomic E-state index is 12.6. The van der Waals surface area contributed by atoms with Crippen LogP contribution in [0.3, 0.4) is 0 Å². The third-order valence-electron chi connectivity index (χ3n) is 6.45. The maximum Gasteiger partial charge on any atom is 0.472 e. The van der Waals surface area contributed by atoms with Crippen LogP contribution in [0.1, 0.15) is 117 Å². The maximum atomic E-state index is 12.6. The summed E-state index contributed by atoms with van der Waals surface area (Å²) in [5, 5.41) is 13.5. The molecular formula is C32H59N2O6P. The van der Waals surface area contributed by atoms with Gasteiger partial charge in [0.15, 0.2) is 0 Å². The van der Waals surface area contributed by atoms with Crippen molar-refractivity contribution in [3.8, 4) is 0 Å². The summed E-state index contributed by atoms with van der Waals surface area (Å²) in [7, 11) is -4.31. The van der Waals surface area contributed by atoms with Crippen molar-refractivity contribution < 1.29 is 28.4 Å². The van der Waals surface area contributed by atoms with Crippen LogP contribution >= 0.6 is 7.82 Å². The van der Waals surface area contributed by atoms with Gasteiger partial charge in [-0.1, -0.05) is 107 Å². The standard InChI is InChI=1S/C32H59N2O6P/c1-3-5-7-9-11-12-13-14-15-16-17-18-20-22-24-26-32(36)34-30(29-40-41(37,38)39-28-27-33)31(35)25-23-21-19-10-8-6-4-2/h5,7,11-12,14-15,17-18,30-31,35H,3-4,6,8-10,13,16,19-29,33H2,1-2H3,(H,34,36)(H,37,38)/b7-5-,12-11-,15-14-,18-17-. The highest BCUT2D eigenvalue weighted by molar-refractivity contribution is 7.47. The quantitative estimate of drug-likeness (QED) is 0.0418. The number of carbonyl (C=O) groups excluding carboxylic acids is 1. The van der Waals surface area contributed by atoms with E-state index in [4.69, 9.17) is 14.8 Å². The van der Waals surface area contributed by atoms with Crippen LogP contribution in [0.25, 0.3) is 0 Å². The Balaban J connectivity index is 4.40. The molecule has 3 atom stereocenters. The fraction of sp³-hybridized carbons (Fsp3) is 0.719. The average Bonchev–Trinajstić information content (AvgIpc) is 2.95. The predicted octanol–water partition coefficient (Wildman–Crippen LogP) is 7.43. The molecule has 0 bridgehead atoms. The minimum atomic E-state index is -4.31. The van der Waals surface area contributed by atoms with Crippen molar-refractivity contribution in [1.29, 1.82) is 0 Å². The summed E-state index contributed by atoms with van der Waals surface area (Å²) in [6, 6.07) is -0.793. The van der Waals surface area contributed by atoms with Crippen molar-refractivity contribution in [3.05, 3.63) is 48.6 Å². The van der Waals surface area contributed by atoms with E-state index in [9.17, 15) is 19.4 Å². The third kappa shape index (κ3) is 27.1. The first-order valence-electron chi connectivity index (χ1n) is 15.8. The van der Waals surface area contributed by atoms with E-state index in [2.05, 4.69) is 67.8 Å². The molecule has 0 rings (SSSR count). The Labute approximate surface area is 250 Å². The zero-order chi connectivity index (χ0) is 30.4. The Morgan fingerprint density at radius 3 is 2.02 bits per heavy atom. The van der Waals surface area contributed by atoms with Crippen LogP contribution in [0.4, 0.5) is 0 Å². The van der Waals surface area contributed by atoms with E-state index in [1.807, 2.05) is 0 Å². The van der Waals surface area contributed by atoms with Crippen molar-refractivity contribution in [3.63, 3.8) is 0 Å². The molecule has 8 nitrogen and oxygen atoms in total. The summed E-state index contributed by atoms with van der Waals surface area (Å²) in [5.74, 6) is -0.210. The van der Waals surface area contributed by atoms with E-state index in [0.717, 1.165) is 57.8 Å². The van der Waals surface area contributed by atoms with Gasteiger partial charge in [-0.3, -0.25) is 13.8 Å². The lowest BCUT2D eigenvalue weighted by Crippen LogP contribution is -2.46. The lowest BCUT2D eigenvalue weighted by molar-refractivity contribution is -0.123. The number of hydrogen-bond donors (Lipinski definition) is 4. The first kappa shape index (κ1) is 39.5. The van der Waals surface area contributed by atoms with Crippen molar-refractivity contribution in [2.75, 3.05) is 19.8 Å². The number of unbranched alkanes of at least 4 members (excludes halogenated alkanes) is 8. The minimum absolute atomic E-state index is 0.0792. The number of phosphoric acid groups is 1. The summed E-state index contributed by atoms with van der Waals surface area (Å²) in [6.07, 6.45) is 31.4. The molecule has 0 aromatic heterocycles. The van der Waals surface area contributed by atoms with Crippen molar-refractivity contribution >= 4 is 13.7 Å². The van der Waals surface area contributed by atoms with Crippen molar-refractivity contribution in [2.24, 2.45) is 5.73 Å². The number of amides is 1. The fourth-order valence-corrected chi connectivity index (χ4v) is 4.82. The molecule has 0 saturated carbocycles. The second kappa shape index (κ2) is 28.6. The summed E-state index contributed by atoms with van der Waals surface area (Å²) in [6.45, 7) is 3.96. The molecule has 0 aliphatic carbocycles. The molecule has 0 saturated heterocycles. The Morgan fingerprint density at radius 1 is 0.829 bits per heavy atom. The molecule has 0 heterocycles. The van der Waals surface area contributed by atoms with E-state index in [0.29, 0.717) is 19.3 Å². The van der Waals surface area contributed by atoms with Crippen LogP contribution in [-0.2, 0) is 18.4 Å². The van der Waals surface area contributed by atoms with E-state index in [1.165, 1.54) is 25.7 Å². The average molecular weight is 599 g/mol. The molecule has 0 aromatic rings. The Hall–Kier alpha value is -1.54. The lowest BCUT2D eigenvalue weighted by Gasteiger charge is -2.25. The van der Waals surface area contributed by atoms with Gasteiger partial charge in [-0.05, 0) is 51.4 Å². The molecular weight excluding hydrogens is 539 g/mol. The number of hydrogen-bond acceptors (Lipinski definition) is 6. The van der Waals surface area contributed by atoms with Gasteiger partial charge in [0.25, 0.3) is 0 Å². The van der Waals surface area contributed by atoms with Crippen molar-refractivity contribution in [1.82, 2.24) is 5.32 Å². The monoisotopic (exact) mass is 598 g/mol. The number of carbonyl (C=O) groups is 1. The number of rotatable bonds is 28. The third-order valence-corrected chi connectivity index (χ3v) is 7.43. The molecule has 0 spiro atoms. The lowest BCUT2D eigenvalue weighted by atomic mass is 10.0. The number of allylic oxidation sites excluding steroid dienone is 8. The van der Waals surface area contributed by atoms with Gasteiger partial charge in [0.05, 0.1) is 25.4 Å². The topological polar surface area (TPSA) is 131 Å². The van der Waals surface area contributed by atoms with Gasteiger partial charge in [-0.15, -0.1) is 0 Å². The van der Waals surface area contributed by atoms with Crippen LogP contribution in [0, 0.1) is 0 Å². The largest absolute Gasteiger partial charge is 0.472 e. The van der Waals surface area contributed by atoms with Gasteiger partial charge >= 0.3 is 7.82 Å². The molecule has 3 unspecified atom stereocenters. The normalized spacial score (nSPS) is 15.3. The summed E-state index contributed by atoms with van der Waals surface area (Å²) in [5.41, 5.74) is 5.32. The van der Waals surface area contributed by atoms with Gasteiger partial charge in [0.1, 0.15) is 0 Å². The number of phosphoric ester groups is 1. The number of nitrogens with one attached hydrogen (secondary N) is 1. The molecule has 0 fully saturated rings. The minimum Gasteiger partial charge on any atom is -0.391 e. The molecule has 1 amide bonds. The van der Waals surface area contributed by atoms with E-state index >= 15 is 0 Å². The van der Waals surface area contributed by atoms with Gasteiger partial charge < -0.3 is 21.1 Å². The first-order valence-corrected chi connectivity index (χ1v) is 17.2. The number of nitrogens with two attached hydrogens (primary N) is 1. The SMILES string of the molecule is CC/C=C\C/C=C\C/C=C\C/C=C\CCCCC(=O)NC(COP(=O)(O)OCCN)C(O)CCCCCCCCC. The van der Waals surface area contributed by atoms with Crippen LogP contribution < -0.4 is 11.1 Å². The molecule has 0 aliphatic heterocycles. The zero-order valence-corrected chi connectivity index (χ0v) is 26.7. The van der Waals surface area contributed by atoms with E-state index < -0.39 is 20.0 Å². The van der Waals surface area contributed by atoms with Crippen LogP contribution in [-0.4, -0.2) is 47.8 Å². The highest BCUT2D eigenvalue weighted by Crippen LogP contribution is 2.43. The second-order valence-electron chi connectivity index (χ2n) is 10.3. The molecule has 0 aromatic carbocycles. The van der Waals surface area contributed by atoms with Gasteiger partial charge in [0.2, 0.25) is 5.91 Å². The van der Waals surface area contributed by atoms with Crippen molar-refractivity contribution in [2.45, 2.75) is 129 Å². The highest BCUT2D eigenvalue weighted by atomic mass is 31.2. The smallest absolute Gasteiger partial charge is 0.391 e. The fourth-order valence-electron chi connectivity index (χ4n) is 4.06. The predicted molar refractivity (Wildman–Crippen MR) is 171 cm³/mol. The first-order chi connectivity index (χ1) is 19.9. The Bertz CT molecular complexity index is 784. The molecule has 238 valence electrons. The molecule has 41 heavy (non-hydrogen) atoms. The number of aliphatic hydroxyl groups is 1. The van der Waals surface area contributed by atoms with E-state index in [-0.39, 0.29) is 25.7 Å². The second-order valence-corrected chi connectivity index (χ2v) is 11.7. The molecule has 0 radical (unpaired) electrons. The van der Waals surface area contributed by atoms with Crippen LogP contribution in [0.15, 0.2) is 48.6 Å². The van der Waals surface area contributed by atoms with Gasteiger partial charge in [-0.2, -0.15) is 0 Å². The number of aliphatic hydroxyl groups excluding tert-OH is 1. The van der Waals surface area contributed by atoms with E-state index in [1.54, 1.807) is 0 Å². The van der Waals surface area contributed by atoms with Gasteiger partial charge in [-0.25, -0.2) is 4.57 Å². The van der Waals surface area contributed by atoms with Crippen LogP contribution in [0.2, 0.25) is 0 Å².